The van der Waals surface area contributed by atoms with E-state index in [9.17, 15) is 4.79 Å². The van der Waals surface area contributed by atoms with Crippen molar-refractivity contribution in [2.75, 3.05) is 0 Å². The van der Waals surface area contributed by atoms with Gasteiger partial charge in [-0.05, 0) is 12.1 Å². The topological polar surface area (TPSA) is 60.9 Å². The van der Waals surface area contributed by atoms with Gasteiger partial charge in [0.05, 0.1) is 5.56 Å². The Morgan fingerprint density at radius 2 is 2.38 bits per heavy atom. The predicted octanol–water partition coefficient (Wildman–Crippen LogP) is 0.672. The van der Waals surface area contributed by atoms with Crippen LogP contribution < -0.4 is 5.73 Å². The van der Waals surface area contributed by atoms with Gasteiger partial charge >= 0.3 is 0 Å². The zero-order valence-electron chi connectivity index (χ0n) is 7.19. The van der Waals surface area contributed by atoms with Gasteiger partial charge in [-0.25, -0.2) is 4.98 Å². The molecule has 2 aromatic rings. The summed E-state index contributed by atoms with van der Waals surface area (Å²) in [6.07, 6.45) is 3.38. The highest BCUT2D eigenvalue weighted by molar-refractivity contribution is 5.95. The fraction of sp³-hybridized carbons (Fsp3) is 0.111. The lowest BCUT2D eigenvalue weighted by Crippen LogP contribution is -2.11. The van der Waals surface area contributed by atoms with Crippen molar-refractivity contribution in [1.82, 2.24) is 9.55 Å². The van der Waals surface area contributed by atoms with Crippen LogP contribution in [-0.2, 0) is 7.05 Å². The van der Waals surface area contributed by atoms with E-state index in [4.69, 9.17) is 5.73 Å². The molecule has 1 amide bonds. The fourth-order valence-electron chi connectivity index (χ4n) is 1.29. The highest BCUT2D eigenvalue weighted by atomic mass is 16.1. The van der Waals surface area contributed by atoms with Gasteiger partial charge in [0.2, 0.25) is 5.91 Å². The second-order valence-corrected chi connectivity index (χ2v) is 2.93. The minimum Gasteiger partial charge on any atom is -0.366 e. The molecule has 2 N–H and O–H groups in total. The largest absolute Gasteiger partial charge is 0.366 e. The first-order valence-electron chi connectivity index (χ1n) is 3.89. The summed E-state index contributed by atoms with van der Waals surface area (Å²) < 4.78 is 1.89. The smallest absolute Gasteiger partial charge is 0.250 e. The minimum absolute atomic E-state index is 0.443. The van der Waals surface area contributed by atoms with Gasteiger partial charge in [0.1, 0.15) is 5.65 Å². The summed E-state index contributed by atoms with van der Waals surface area (Å²) >= 11 is 0. The highest BCUT2D eigenvalue weighted by Gasteiger charge is 2.04. The second-order valence-electron chi connectivity index (χ2n) is 2.93. The number of carbonyl (C=O) groups is 1. The first-order chi connectivity index (χ1) is 6.18. The van der Waals surface area contributed by atoms with Crippen molar-refractivity contribution >= 4 is 16.9 Å². The van der Waals surface area contributed by atoms with Crippen molar-refractivity contribution in [1.29, 1.82) is 0 Å². The molecule has 2 rings (SSSR count). The second kappa shape index (κ2) is 2.58. The van der Waals surface area contributed by atoms with E-state index in [2.05, 4.69) is 4.98 Å². The Morgan fingerprint density at radius 1 is 1.62 bits per heavy atom. The first-order valence-corrected chi connectivity index (χ1v) is 3.89. The number of rotatable bonds is 1. The average molecular weight is 175 g/mol. The van der Waals surface area contributed by atoms with Crippen LogP contribution in [-0.4, -0.2) is 15.5 Å². The number of primary amides is 1. The van der Waals surface area contributed by atoms with Crippen LogP contribution in [0.2, 0.25) is 0 Å². The number of hydrogen-bond donors (Lipinski definition) is 1. The molecule has 2 aromatic heterocycles. The number of fused-ring (bicyclic) bond motifs is 1. The summed E-state index contributed by atoms with van der Waals surface area (Å²) in [4.78, 5) is 15.0. The van der Waals surface area contributed by atoms with Gasteiger partial charge in [-0.3, -0.25) is 4.79 Å². The van der Waals surface area contributed by atoms with Crippen molar-refractivity contribution in [3.63, 3.8) is 0 Å². The molecule has 0 unspecified atom stereocenters. The van der Waals surface area contributed by atoms with E-state index in [1.807, 2.05) is 23.9 Å². The van der Waals surface area contributed by atoms with Crippen LogP contribution in [0.4, 0.5) is 0 Å². The van der Waals surface area contributed by atoms with Crippen LogP contribution in [0.15, 0.2) is 24.5 Å². The number of nitrogens with two attached hydrogens (primary N) is 1. The summed E-state index contributed by atoms with van der Waals surface area (Å²) in [5, 5.41) is 0.929. The molecular weight excluding hydrogens is 166 g/mol. The van der Waals surface area contributed by atoms with Crippen LogP contribution in [0.3, 0.4) is 0 Å². The molecule has 0 aliphatic heterocycles. The molecule has 0 atom stereocenters. The van der Waals surface area contributed by atoms with Gasteiger partial charge < -0.3 is 10.3 Å². The predicted molar refractivity (Wildman–Crippen MR) is 49.2 cm³/mol. The van der Waals surface area contributed by atoms with Crippen molar-refractivity contribution in [3.05, 3.63) is 30.1 Å². The SMILES string of the molecule is Cn1ccc2cc(C(N)=O)cnc21. The molecule has 2 heterocycles. The normalized spacial score (nSPS) is 10.5. The van der Waals surface area contributed by atoms with E-state index in [0.29, 0.717) is 5.56 Å². The summed E-state index contributed by atoms with van der Waals surface area (Å²) in [5.74, 6) is -0.446. The molecule has 0 radical (unpaired) electrons. The molecule has 0 saturated heterocycles. The van der Waals surface area contributed by atoms with E-state index >= 15 is 0 Å². The molecule has 0 saturated carbocycles. The van der Waals surface area contributed by atoms with E-state index < -0.39 is 5.91 Å². The number of amides is 1. The van der Waals surface area contributed by atoms with Gasteiger partial charge in [-0.1, -0.05) is 0 Å². The van der Waals surface area contributed by atoms with Gasteiger partial charge in [-0.15, -0.1) is 0 Å². The van der Waals surface area contributed by atoms with E-state index in [-0.39, 0.29) is 0 Å². The Balaban J connectivity index is 2.70. The maximum absolute atomic E-state index is 10.8. The molecule has 0 spiro atoms. The zero-order chi connectivity index (χ0) is 9.42. The average Bonchev–Trinajstić information content (AvgIpc) is 2.47. The molecule has 0 bridgehead atoms. The van der Waals surface area contributed by atoms with Crippen LogP contribution in [0.1, 0.15) is 10.4 Å². The lowest BCUT2D eigenvalue weighted by atomic mass is 10.2. The maximum Gasteiger partial charge on any atom is 0.250 e. The van der Waals surface area contributed by atoms with Crippen molar-refractivity contribution < 1.29 is 4.79 Å². The number of carbonyl (C=O) groups excluding carboxylic acids is 1. The molecule has 4 nitrogen and oxygen atoms in total. The molecule has 0 fully saturated rings. The highest BCUT2D eigenvalue weighted by Crippen LogP contribution is 2.12. The van der Waals surface area contributed by atoms with Crippen molar-refractivity contribution in [2.45, 2.75) is 0 Å². The van der Waals surface area contributed by atoms with Crippen LogP contribution in [0.25, 0.3) is 11.0 Å². The zero-order valence-corrected chi connectivity index (χ0v) is 7.19. The third-order valence-electron chi connectivity index (χ3n) is 1.99. The summed E-state index contributed by atoms with van der Waals surface area (Å²) in [7, 11) is 1.90. The number of aryl methyl sites for hydroxylation is 1. The van der Waals surface area contributed by atoms with Gasteiger partial charge in [0.25, 0.3) is 0 Å². The Kier molecular flexibility index (Phi) is 1.55. The molecule has 4 heteroatoms. The Bertz CT molecular complexity index is 473. The number of hydrogen-bond acceptors (Lipinski definition) is 2. The molecule has 0 aromatic carbocycles. The van der Waals surface area contributed by atoms with Crippen molar-refractivity contribution in [2.24, 2.45) is 12.8 Å². The van der Waals surface area contributed by atoms with E-state index in [0.717, 1.165) is 11.0 Å². The number of aromatic nitrogens is 2. The van der Waals surface area contributed by atoms with Crippen LogP contribution >= 0.6 is 0 Å². The Labute approximate surface area is 75.0 Å². The standard InChI is InChI=1S/C9H9N3O/c1-12-3-2-6-4-7(8(10)13)5-11-9(6)12/h2-5H,1H3,(H2,10,13). The summed E-state index contributed by atoms with van der Waals surface area (Å²) in [6, 6.07) is 3.64. The van der Waals surface area contributed by atoms with Crippen LogP contribution in [0.5, 0.6) is 0 Å². The van der Waals surface area contributed by atoms with Crippen LogP contribution in [0, 0.1) is 0 Å². The summed E-state index contributed by atoms with van der Waals surface area (Å²) in [5.41, 5.74) is 6.42. The third kappa shape index (κ3) is 1.16. The summed E-state index contributed by atoms with van der Waals surface area (Å²) in [6.45, 7) is 0. The molecular formula is C9H9N3O. The lowest BCUT2D eigenvalue weighted by Gasteiger charge is -1.96. The number of pyridine rings is 1. The van der Waals surface area contributed by atoms with Crippen molar-refractivity contribution in [3.8, 4) is 0 Å². The van der Waals surface area contributed by atoms with Gasteiger partial charge in [-0.2, -0.15) is 0 Å². The maximum atomic E-state index is 10.8. The molecule has 13 heavy (non-hydrogen) atoms. The quantitative estimate of drug-likeness (QED) is 0.692. The monoisotopic (exact) mass is 175 g/mol. The molecule has 66 valence electrons. The molecule has 0 aliphatic rings. The Hall–Kier alpha value is -1.84. The van der Waals surface area contributed by atoms with Gasteiger partial charge in [0.15, 0.2) is 0 Å². The minimum atomic E-state index is -0.446. The lowest BCUT2D eigenvalue weighted by molar-refractivity contribution is 0.1000. The molecule has 0 aliphatic carbocycles. The fourth-order valence-corrected chi connectivity index (χ4v) is 1.29. The van der Waals surface area contributed by atoms with E-state index in [1.54, 1.807) is 6.07 Å². The Morgan fingerprint density at radius 3 is 3.08 bits per heavy atom. The van der Waals surface area contributed by atoms with E-state index in [1.165, 1.54) is 6.20 Å². The third-order valence-corrected chi connectivity index (χ3v) is 1.99. The van der Waals surface area contributed by atoms with Gasteiger partial charge in [0, 0.05) is 24.8 Å². The number of nitrogens with zero attached hydrogens (tertiary/aromatic N) is 2. The first kappa shape index (κ1) is 7.79.